The summed E-state index contributed by atoms with van der Waals surface area (Å²) in [4.78, 5) is 9.14. The van der Waals surface area contributed by atoms with E-state index in [0.717, 1.165) is 9.13 Å². The van der Waals surface area contributed by atoms with E-state index in [1.807, 2.05) is 0 Å². The molecule has 0 saturated carbocycles. The van der Waals surface area contributed by atoms with E-state index in [0.29, 0.717) is 0 Å². The number of fused-ring (bicyclic) bond motifs is 7. The van der Waals surface area contributed by atoms with Gasteiger partial charge in [-0.15, -0.1) is 0 Å². The number of rotatable bonds is 4. The highest BCUT2D eigenvalue weighted by Crippen LogP contribution is 2.37. The third-order valence-electron chi connectivity index (χ3n) is 7.79. The maximum absolute atomic E-state index is 9.94. The largest absolute Gasteiger partial charge is 0.309 e. The van der Waals surface area contributed by atoms with E-state index in [1.54, 1.807) is 0 Å². The predicted octanol–water partition coefficient (Wildman–Crippen LogP) is 11.5. The van der Waals surface area contributed by atoms with Crippen molar-refractivity contribution < 1.29 is 37.0 Å². The van der Waals surface area contributed by atoms with E-state index < -0.39 is 252 Å². The van der Waals surface area contributed by atoms with Gasteiger partial charge in [-0.2, -0.15) is 0 Å². The Morgan fingerprint density at radius 2 is 0.980 bits per heavy atom. The van der Waals surface area contributed by atoms with E-state index in [-0.39, 0.29) is 5.56 Å². The molecule has 0 fully saturated rings. The van der Waals surface area contributed by atoms with Gasteiger partial charge in [0.2, 0.25) is 5.95 Å². The minimum atomic E-state index is -0.983. The molecule has 7 aromatic carbocycles. The first-order chi connectivity index (χ1) is 35.5. The first-order valence-electron chi connectivity index (χ1n) is 28.0. The molecule has 0 aliphatic heterocycles. The van der Waals surface area contributed by atoms with Crippen LogP contribution < -0.4 is 0 Å². The van der Waals surface area contributed by atoms with E-state index in [1.165, 1.54) is 6.92 Å². The molecule has 0 saturated heterocycles. The number of hydrogen-bond donors (Lipinski definition) is 0. The normalized spacial score (nSPS) is 19.5. The van der Waals surface area contributed by atoms with Gasteiger partial charge in [0.15, 0.2) is 0 Å². The van der Waals surface area contributed by atoms with E-state index in [4.69, 9.17) is 26.0 Å². The molecule has 4 heteroatoms. The highest BCUT2D eigenvalue weighted by molar-refractivity contribution is 6.12. The average molecular weight is 654 g/mol. The number of benzene rings is 7. The fourth-order valence-corrected chi connectivity index (χ4v) is 5.70. The van der Waals surface area contributed by atoms with Gasteiger partial charge in [-0.25, -0.2) is 9.97 Å². The van der Waals surface area contributed by atoms with Gasteiger partial charge in [-0.1, -0.05) is 121 Å². The van der Waals surface area contributed by atoms with Crippen LogP contribution in [0, 0.1) is 6.92 Å². The molecule has 10 aromatic rings. The zero-order chi connectivity index (χ0) is 56.0. The molecule has 0 bridgehead atoms. The first-order valence-corrected chi connectivity index (χ1v) is 14.5. The number of nitrogens with zero attached hydrogens (tertiary/aromatic N) is 4. The fraction of sp³-hybridized carbons (Fsp3) is 0.0222. The molecule has 0 spiro atoms. The van der Waals surface area contributed by atoms with Crippen LogP contribution in [0.5, 0.6) is 0 Å². The van der Waals surface area contributed by atoms with Crippen LogP contribution in [0.15, 0.2) is 163 Å². The van der Waals surface area contributed by atoms with Crippen LogP contribution in [0.4, 0.5) is 0 Å². The highest BCUT2D eigenvalue weighted by Gasteiger charge is 2.19. The summed E-state index contributed by atoms with van der Waals surface area (Å²) in [6.07, 6.45) is 0. The highest BCUT2D eigenvalue weighted by atomic mass is 15.2. The minimum Gasteiger partial charge on any atom is -0.309 e. The van der Waals surface area contributed by atoms with Gasteiger partial charge in [0, 0.05) is 38.2 Å². The Morgan fingerprint density at radius 3 is 1.67 bits per heavy atom. The second-order valence-electron chi connectivity index (χ2n) is 10.6. The Morgan fingerprint density at radius 1 is 0.429 bits per heavy atom. The second kappa shape index (κ2) is 10.8. The van der Waals surface area contributed by atoms with Gasteiger partial charge in [0.1, 0.15) is 0 Å². The van der Waals surface area contributed by atoms with Crippen molar-refractivity contribution in [2.24, 2.45) is 0 Å². The average Bonchev–Trinajstić information content (AvgIpc) is 4.04. The lowest BCUT2D eigenvalue weighted by Crippen LogP contribution is -2.03. The van der Waals surface area contributed by atoms with Crippen molar-refractivity contribution in [2.45, 2.75) is 6.92 Å². The van der Waals surface area contributed by atoms with Gasteiger partial charge in [-0.05, 0) is 65.9 Å². The molecule has 10 rings (SSSR count). The molecule has 4 nitrogen and oxygen atoms in total. The zero-order valence-corrected chi connectivity index (χ0v) is 24.8. The molecule has 3 aromatic heterocycles. The summed E-state index contributed by atoms with van der Waals surface area (Å²) < 4.78 is 243. The maximum Gasteiger partial charge on any atom is 0.235 e. The smallest absolute Gasteiger partial charge is 0.235 e. The maximum atomic E-state index is 9.94. The number of hydrogen-bond acceptors (Lipinski definition) is 2. The molecule has 0 unspecified atom stereocenters. The van der Waals surface area contributed by atoms with Crippen molar-refractivity contribution in [1.29, 1.82) is 0 Å². The summed E-state index contributed by atoms with van der Waals surface area (Å²) in [5.41, 5.74) is -6.61. The Kier molecular flexibility index (Phi) is 2.61. The third kappa shape index (κ3) is 4.31. The van der Waals surface area contributed by atoms with Crippen molar-refractivity contribution in [2.75, 3.05) is 0 Å². The summed E-state index contributed by atoms with van der Waals surface area (Å²) >= 11 is 0. The lowest BCUT2D eigenvalue weighted by atomic mass is 10.0. The molecule has 0 atom stereocenters. The van der Waals surface area contributed by atoms with Crippen LogP contribution in [0.3, 0.4) is 0 Å². The van der Waals surface area contributed by atoms with Crippen molar-refractivity contribution in [1.82, 2.24) is 19.1 Å². The van der Waals surface area contributed by atoms with Crippen molar-refractivity contribution in [3.63, 3.8) is 0 Å². The summed E-state index contributed by atoms with van der Waals surface area (Å²) in [7, 11) is 0. The molecule has 3 heterocycles. The summed E-state index contributed by atoms with van der Waals surface area (Å²) in [6.45, 7) is 1.29. The Labute approximate surface area is 321 Å². The molecule has 0 aliphatic rings. The minimum absolute atomic E-state index is 0.150. The van der Waals surface area contributed by atoms with Crippen LogP contribution in [0.1, 0.15) is 42.6 Å². The third-order valence-corrected chi connectivity index (χ3v) is 7.79. The molecule has 0 radical (unpaired) electrons. The second-order valence-corrected chi connectivity index (χ2v) is 10.6. The van der Waals surface area contributed by atoms with E-state index in [9.17, 15) is 11.0 Å². The SMILES string of the molecule is [2H]c1c([2H])c([2H])c(-c2c([2H])c([2H])c(-c3nc(-n4c5c([2H])c([2H])c([2H])c([2H])c5c5c([2H])c(-n6c7c([2H])c([2H])c([2H])c([2H])c7c7c([2H])c([2H])c([2H])c([2H])c76)c([2H])c([2H])c54)nc4c([2H])c(C)c([2H])c([2H])c34)c([2H])c2[2H])c([2H])c1[2H]. The van der Waals surface area contributed by atoms with Crippen molar-refractivity contribution in [3.8, 4) is 34.0 Å². The Balaban J connectivity index is 1.42. The molecule has 49 heavy (non-hydrogen) atoms. The van der Waals surface area contributed by atoms with Crippen LogP contribution in [-0.4, -0.2) is 19.1 Å². The lowest BCUT2D eigenvalue weighted by Gasteiger charge is -2.13. The van der Waals surface area contributed by atoms with E-state index >= 15 is 0 Å². The van der Waals surface area contributed by atoms with Crippen LogP contribution in [0.25, 0.3) is 88.5 Å². The Bertz CT molecular complexity index is 4310. The lowest BCUT2D eigenvalue weighted by molar-refractivity contribution is 1.01. The quantitative estimate of drug-likeness (QED) is 0.189. The molecule has 0 aliphatic carbocycles. The van der Waals surface area contributed by atoms with Gasteiger partial charge in [-0.3, -0.25) is 4.57 Å². The van der Waals surface area contributed by atoms with Gasteiger partial charge in [0.25, 0.3) is 0 Å². The number of aromatic nitrogens is 4. The number of para-hydroxylation sites is 3. The van der Waals surface area contributed by atoms with Gasteiger partial charge >= 0.3 is 0 Å². The summed E-state index contributed by atoms with van der Waals surface area (Å²) in [6, 6.07) is -22.7. The van der Waals surface area contributed by atoms with E-state index in [2.05, 4.69) is 9.97 Å². The van der Waals surface area contributed by atoms with Crippen LogP contribution in [-0.2, 0) is 0 Å². The van der Waals surface area contributed by atoms with Crippen LogP contribution in [0.2, 0.25) is 0 Å². The standard InChI is InChI=1S/C45H30N4/c1-29-19-25-37-39(27-29)46-45(47-44(37)32-22-20-31(21-23-32)30-11-3-2-4-12-30)49-42-18-10-7-15-36(42)38-28-33(24-26-43(38)49)48-40-16-8-5-13-34(40)35-14-6-9-17-41(35)48/h2-28H,1H3/i2D,3D,4D,5D,6D,7D,8D,9D,10D,11D,12D,13D,14D,15D,16D,17D,18D,19D,20D,21D,22D,23D,24D,25D,26D,27D,28D. The van der Waals surface area contributed by atoms with Crippen molar-refractivity contribution in [3.05, 3.63) is 169 Å². The molecule has 0 amide bonds. The predicted molar refractivity (Wildman–Crippen MR) is 204 cm³/mol. The molecular weight excluding hydrogens is 597 g/mol. The van der Waals surface area contributed by atoms with Gasteiger partial charge in [0.05, 0.1) is 70.3 Å². The topological polar surface area (TPSA) is 35.6 Å². The molecular formula is C45H30N4. The molecule has 230 valence electrons. The van der Waals surface area contributed by atoms with Gasteiger partial charge < -0.3 is 4.57 Å². The first kappa shape index (κ1) is 11.9. The zero-order valence-electron chi connectivity index (χ0n) is 51.8. The summed E-state index contributed by atoms with van der Waals surface area (Å²) in [5, 5.41) is -2.52. The van der Waals surface area contributed by atoms with Crippen molar-refractivity contribution >= 4 is 54.5 Å². The monoisotopic (exact) mass is 653 g/mol. The molecule has 0 N–H and O–H groups in total. The fourth-order valence-electron chi connectivity index (χ4n) is 5.70. The van der Waals surface area contributed by atoms with Crippen LogP contribution >= 0.6 is 0 Å². The summed E-state index contributed by atoms with van der Waals surface area (Å²) in [5.74, 6) is -0.788. The Hall–Kier alpha value is -6.52.